The molecule has 1 aliphatic rings. The molecule has 31 heavy (non-hydrogen) atoms. The van der Waals surface area contributed by atoms with Gasteiger partial charge in [0, 0.05) is 6.20 Å². The Morgan fingerprint density at radius 3 is 2.42 bits per heavy atom. The molecule has 2 heterocycles. The number of rotatable bonds is 6. The number of para-hydroxylation sites is 3. The van der Waals surface area contributed by atoms with Crippen molar-refractivity contribution in [3.05, 3.63) is 87.8 Å². The number of methoxy groups -OCH3 is 1. The van der Waals surface area contributed by atoms with Crippen LogP contribution in [0.1, 0.15) is 28.4 Å². The molecule has 0 N–H and O–H groups in total. The molecule has 1 amide bonds. The standard InChI is InChI=1S/C25H26N2O4/c1-4-18-9-5-7-11-21(18)31-19-15-26(16-19)24(28)23-17(2)13-14-27(25(23)29)20-10-6-8-12-22(20)30-3/h5-14,19H,4,15-16H2,1-3H3. The minimum Gasteiger partial charge on any atom is -0.495 e. The molecule has 1 aliphatic heterocycles. The van der Waals surface area contributed by atoms with E-state index in [1.165, 1.54) is 4.57 Å². The quantitative estimate of drug-likeness (QED) is 0.614. The number of nitrogens with zero attached hydrogens (tertiary/aromatic N) is 2. The van der Waals surface area contributed by atoms with Crippen LogP contribution >= 0.6 is 0 Å². The van der Waals surface area contributed by atoms with Crippen LogP contribution in [0, 0.1) is 6.92 Å². The van der Waals surface area contributed by atoms with Crippen molar-refractivity contribution in [1.82, 2.24) is 9.47 Å². The second kappa shape index (κ2) is 8.68. The Hall–Kier alpha value is -3.54. The maximum atomic E-state index is 13.2. The molecule has 0 saturated carbocycles. The van der Waals surface area contributed by atoms with Crippen LogP contribution in [-0.4, -0.2) is 41.7 Å². The number of hydrogen-bond donors (Lipinski definition) is 0. The van der Waals surface area contributed by atoms with E-state index in [-0.39, 0.29) is 23.1 Å². The number of carbonyl (C=O) groups excluding carboxylic acids is 1. The Labute approximate surface area is 181 Å². The predicted octanol–water partition coefficient (Wildman–Crippen LogP) is 3.62. The van der Waals surface area contributed by atoms with Gasteiger partial charge in [0.25, 0.3) is 11.5 Å². The van der Waals surface area contributed by atoms with E-state index >= 15 is 0 Å². The minimum atomic E-state index is -0.352. The third-order valence-electron chi connectivity index (χ3n) is 5.64. The van der Waals surface area contributed by atoms with Crippen LogP contribution in [-0.2, 0) is 6.42 Å². The molecule has 0 aliphatic carbocycles. The van der Waals surface area contributed by atoms with Gasteiger partial charge in [-0.1, -0.05) is 37.3 Å². The van der Waals surface area contributed by atoms with Gasteiger partial charge in [0.05, 0.1) is 25.9 Å². The van der Waals surface area contributed by atoms with Crippen molar-refractivity contribution in [3.63, 3.8) is 0 Å². The topological polar surface area (TPSA) is 60.8 Å². The first-order chi connectivity index (χ1) is 15.0. The summed E-state index contributed by atoms with van der Waals surface area (Å²) in [4.78, 5) is 28.0. The van der Waals surface area contributed by atoms with Gasteiger partial charge in [0.15, 0.2) is 0 Å². The van der Waals surface area contributed by atoms with E-state index in [9.17, 15) is 9.59 Å². The molecule has 1 saturated heterocycles. The molecule has 1 fully saturated rings. The van der Waals surface area contributed by atoms with E-state index < -0.39 is 0 Å². The second-order valence-corrected chi connectivity index (χ2v) is 7.63. The zero-order valence-electron chi connectivity index (χ0n) is 18.0. The van der Waals surface area contributed by atoms with Crippen LogP contribution in [0.4, 0.5) is 0 Å². The van der Waals surface area contributed by atoms with Crippen molar-refractivity contribution in [1.29, 1.82) is 0 Å². The maximum absolute atomic E-state index is 13.2. The highest BCUT2D eigenvalue weighted by Gasteiger charge is 2.35. The van der Waals surface area contributed by atoms with Gasteiger partial charge in [0.1, 0.15) is 23.2 Å². The molecule has 6 heteroatoms. The number of pyridine rings is 1. The van der Waals surface area contributed by atoms with E-state index in [2.05, 4.69) is 6.92 Å². The number of benzene rings is 2. The van der Waals surface area contributed by atoms with Crippen molar-refractivity contribution in [2.75, 3.05) is 20.2 Å². The number of amides is 1. The molecule has 0 radical (unpaired) electrons. The molecular weight excluding hydrogens is 392 g/mol. The smallest absolute Gasteiger partial charge is 0.268 e. The number of aryl methyl sites for hydroxylation is 2. The fraction of sp³-hybridized carbons (Fsp3) is 0.280. The zero-order chi connectivity index (χ0) is 22.0. The van der Waals surface area contributed by atoms with Gasteiger partial charge in [-0.05, 0) is 48.7 Å². The molecule has 1 aromatic heterocycles. The van der Waals surface area contributed by atoms with Crippen LogP contribution in [0.25, 0.3) is 5.69 Å². The summed E-state index contributed by atoms with van der Waals surface area (Å²) in [5.74, 6) is 1.16. The highest BCUT2D eigenvalue weighted by molar-refractivity contribution is 5.96. The second-order valence-electron chi connectivity index (χ2n) is 7.63. The lowest BCUT2D eigenvalue weighted by atomic mass is 10.1. The third-order valence-corrected chi connectivity index (χ3v) is 5.64. The number of likely N-dealkylation sites (tertiary alicyclic amines) is 1. The molecule has 0 unspecified atom stereocenters. The summed E-state index contributed by atoms with van der Waals surface area (Å²) >= 11 is 0. The monoisotopic (exact) mass is 418 g/mol. The molecule has 160 valence electrons. The Balaban J connectivity index is 1.54. The average Bonchev–Trinajstić information content (AvgIpc) is 2.76. The lowest BCUT2D eigenvalue weighted by Gasteiger charge is -2.39. The zero-order valence-corrected chi connectivity index (χ0v) is 18.0. The summed E-state index contributed by atoms with van der Waals surface area (Å²) in [5, 5.41) is 0. The van der Waals surface area contributed by atoms with Gasteiger partial charge >= 0.3 is 0 Å². The Kier molecular flexibility index (Phi) is 5.80. The van der Waals surface area contributed by atoms with Gasteiger partial charge < -0.3 is 14.4 Å². The van der Waals surface area contributed by atoms with E-state index in [1.807, 2.05) is 36.4 Å². The Morgan fingerprint density at radius 1 is 1.03 bits per heavy atom. The molecule has 0 bridgehead atoms. The van der Waals surface area contributed by atoms with E-state index in [4.69, 9.17) is 9.47 Å². The van der Waals surface area contributed by atoms with Crippen LogP contribution < -0.4 is 15.0 Å². The van der Waals surface area contributed by atoms with Crippen LogP contribution in [0.15, 0.2) is 65.6 Å². The van der Waals surface area contributed by atoms with Crippen molar-refractivity contribution < 1.29 is 14.3 Å². The van der Waals surface area contributed by atoms with Gasteiger partial charge in [-0.3, -0.25) is 14.2 Å². The highest BCUT2D eigenvalue weighted by atomic mass is 16.5. The maximum Gasteiger partial charge on any atom is 0.268 e. The Morgan fingerprint density at radius 2 is 1.71 bits per heavy atom. The van der Waals surface area contributed by atoms with Crippen molar-refractivity contribution in [2.24, 2.45) is 0 Å². The van der Waals surface area contributed by atoms with E-state index in [0.29, 0.717) is 30.1 Å². The third kappa shape index (κ3) is 3.93. The van der Waals surface area contributed by atoms with Crippen LogP contribution in [0.3, 0.4) is 0 Å². The highest BCUT2D eigenvalue weighted by Crippen LogP contribution is 2.25. The largest absolute Gasteiger partial charge is 0.495 e. The molecule has 2 aromatic carbocycles. The molecule has 3 aromatic rings. The first kappa shape index (κ1) is 20.7. The van der Waals surface area contributed by atoms with Crippen molar-refractivity contribution >= 4 is 5.91 Å². The van der Waals surface area contributed by atoms with E-state index in [1.54, 1.807) is 43.3 Å². The number of carbonyl (C=O) groups is 1. The predicted molar refractivity (Wildman–Crippen MR) is 119 cm³/mol. The molecular formula is C25H26N2O4. The summed E-state index contributed by atoms with van der Waals surface area (Å²) in [6.07, 6.45) is 2.49. The first-order valence-corrected chi connectivity index (χ1v) is 10.4. The van der Waals surface area contributed by atoms with Gasteiger partial charge in [-0.2, -0.15) is 0 Å². The minimum absolute atomic E-state index is 0.0721. The van der Waals surface area contributed by atoms with E-state index in [0.717, 1.165) is 17.7 Å². The van der Waals surface area contributed by atoms with Gasteiger partial charge in [0.2, 0.25) is 0 Å². The van der Waals surface area contributed by atoms with Crippen LogP contribution in [0.2, 0.25) is 0 Å². The SMILES string of the molecule is CCc1ccccc1OC1CN(C(=O)c2c(C)ccn(-c3ccccc3OC)c2=O)C1. The summed E-state index contributed by atoms with van der Waals surface area (Å²) in [5.41, 5.74) is 2.23. The lowest BCUT2D eigenvalue weighted by molar-refractivity contribution is 0.0172. The molecule has 6 nitrogen and oxygen atoms in total. The van der Waals surface area contributed by atoms with Crippen molar-refractivity contribution in [2.45, 2.75) is 26.4 Å². The van der Waals surface area contributed by atoms with Gasteiger partial charge in [-0.25, -0.2) is 0 Å². The fourth-order valence-corrected chi connectivity index (χ4v) is 3.83. The van der Waals surface area contributed by atoms with Crippen LogP contribution in [0.5, 0.6) is 11.5 Å². The average molecular weight is 418 g/mol. The fourth-order valence-electron chi connectivity index (χ4n) is 3.83. The summed E-state index contributed by atoms with van der Waals surface area (Å²) in [6.45, 7) is 4.79. The van der Waals surface area contributed by atoms with Gasteiger partial charge in [-0.15, -0.1) is 0 Å². The summed E-state index contributed by atoms with van der Waals surface area (Å²) in [6, 6.07) is 17.0. The number of ether oxygens (including phenoxy) is 2. The first-order valence-electron chi connectivity index (χ1n) is 10.4. The number of hydrogen-bond acceptors (Lipinski definition) is 4. The molecule has 4 rings (SSSR count). The Bertz CT molecular complexity index is 1160. The lowest BCUT2D eigenvalue weighted by Crippen LogP contribution is -2.57. The normalized spacial score (nSPS) is 13.6. The van der Waals surface area contributed by atoms with Crippen molar-refractivity contribution in [3.8, 4) is 17.2 Å². The summed E-state index contributed by atoms with van der Waals surface area (Å²) in [7, 11) is 1.56. The number of aromatic nitrogens is 1. The molecule has 0 atom stereocenters. The summed E-state index contributed by atoms with van der Waals surface area (Å²) < 4.78 is 12.9. The molecule has 0 spiro atoms.